The molecule has 2 aromatic carbocycles. The molecule has 100 valence electrons. The van der Waals surface area contributed by atoms with Crippen LogP contribution in [0.1, 0.15) is 36.7 Å². The van der Waals surface area contributed by atoms with Crippen LogP contribution in [0.4, 0.5) is 0 Å². The predicted octanol–water partition coefficient (Wildman–Crippen LogP) is 5.02. The Balaban J connectivity index is 2.26. The van der Waals surface area contributed by atoms with Crippen molar-refractivity contribution in [1.82, 2.24) is 0 Å². The lowest BCUT2D eigenvalue weighted by molar-refractivity contribution is 0.112. The molecular weight excluding hydrogens is 244 g/mol. The van der Waals surface area contributed by atoms with Crippen LogP contribution in [-0.4, -0.2) is 6.29 Å². The maximum absolute atomic E-state index is 11.5. The van der Waals surface area contributed by atoms with Crippen LogP contribution in [0.15, 0.2) is 53.6 Å². The molecule has 1 heteroatoms. The van der Waals surface area contributed by atoms with Gasteiger partial charge in [-0.25, -0.2) is 0 Å². The molecule has 1 atom stereocenters. The summed E-state index contributed by atoms with van der Waals surface area (Å²) in [5.74, 6) is 0.384. The number of fused-ring (bicyclic) bond motifs is 1. The van der Waals surface area contributed by atoms with Gasteiger partial charge in [0.15, 0.2) is 6.29 Å². The van der Waals surface area contributed by atoms with Crippen LogP contribution >= 0.6 is 0 Å². The Labute approximate surface area is 119 Å². The molecule has 20 heavy (non-hydrogen) atoms. The van der Waals surface area contributed by atoms with Crippen molar-refractivity contribution in [2.75, 3.05) is 0 Å². The van der Waals surface area contributed by atoms with Gasteiger partial charge in [-0.15, -0.1) is 0 Å². The standard InChI is InChI=1S/C19H18O/c1-12-8-13(2)19(14(12)3)18-10-16-7-5-4-6-15(16)9-17(18)11-20/h4-11,14H,1-3H3. The summed E-state index contributed by atoms with van der Waals surface area (Å²) in [7, 11) is 0. The molecule has 0 fully saturated rings. The van der Waals surface area contributed by atoms with Crippen LogP contribution in [0.3, 0.4) is 0 Å². The van der Waals surface area contributed by atoms with Gasteiger partial charge in [-0.2, -0.15) is 0 Å². The third-order valence-electron chi connectivity index (χ3n) is 4.32. The zero-order valence-electron chi connectivity index (χ0n) is 12.1. The lowest BCUT2D eigenvalue weighted by Crippen LogP contribution is -2.01. The lowest BCUT2D eigenvalue weighted by atomic mass is 9.87. The smallest absolute Gasteiger partial charge is 0.150 e. The van der Waals surface area contributed by atoms with Gasteiger partial charge in [-0.05, 0) is 53.5 Å². The van der Waals surface area contributed by atoms with E-state index in [1.165, 1.54) is 22.1 Å². The molecule has 0 aromatic heterocycles. The molecular formula is C19H18O. The molecule has 0 N–H and O–H groups in total. The number of allylic oxidation sites excluding steroid dienone is 4. The fourth-order valence-corrected chi connectivity index (χ4v) is 3.15. The van der Waals surface area contributed by atoms with Gasteiger partial charge >= 0.3 is 0 Å². The first-order chi connectivity index (χ1) is 9.61. The Morgan fingerprint density at radius 2 is 1.70 bits per heavy atom. The number of hydrogen-bond acceptors (Lipinski definition) is 1. The molecule has 1 nitrogen and oxygen atoms in total. The zero-order chi connectivity index (χ0) is 14.3. The Hall–Kier alpha value is -2.15. The van der Waals surface area contributed by atoms with Crippen molar-refractivity contribution in [1.29, 1.82) is 0 Å². The molecule has 0 bridgehead atoms. The van der Waals surface area contributed by atoms with Gasteiger partial charge in [-0.3, -0.25) is 4.79 Å². The van der Waals surface area contributed by atoms with Crippen LogP contribution in [0.25, 0.3) is 16.3 Å². The summed E-state index contributed by atoms with van der Waals surface area (Å²) in [6.07, 6.45) is 3.20. The predicted molar refractivity (Wildman–Crippen MR) is 84.9 cm³/mol. The van der Waals surface area contributed by atoms with Gasteiger partial charge in [-0.1, -0.05) is 42.8 Å². The van der Waals surface area contributed by atoms with E-state index in [1.54, 1.807) is 0 Å². The maximum atomic E-state index is 11.5. The van der Waals surface area contributed by atoms with Crippen LogP contribution in [-0.2, 0) is 0 Å². The number of carbonyl (C=O) groups is 1. The summed E-state index contributed by atoms with van der Waals surface area (Å²) >= 11 is 0. The molecule has 0 heterocycles. The van der Waals surface area contributed by atoms with Crippen LogP contribution in [0, 0.1) is 5.92 Å². The van der Waals surface area contributed by atoms with Gasteiger partial charge < -0.3 is 0 Å². The molecule has 1 aliphatic carbocycles. The molecule has 0 aliphatic heterocycles. The van der Waals surface area contributed by atoms with Crippen molar-refractivity contribution in [2.45, 2.75) is 20.8 Å². The Morgan fingerprint density at radius 1 is 1.05 bits per heavy atom. The first-order valence-electron chi connectivity index (χ1n) is 6.99. The van der Waals surface area contributed by atoms with Gasteiger partial charge in [0.05, 0.1) is 0 Å². The second-order valence-corrected chi connectivity index (χ2v) is 5.61. The molecule has 0 spiro atoms. The van der Waals surface area contributed by atoms with Crippen LogP contribution in [0.5, 0.6) is 0 Å². The number of aldehydes is 1. The number of carbonyl (C=O) groups excluding carboxylic acids is 1. The minimum absolute atomic E-state index is 0.384. The Kier molecular flexibility index (Phi) is 3.06. The molecule has 0 saturated carbocycles. The van der Waals surface area contributed by atoms with Gasteiger partial charge in [0.25, 0.3) is 0 Å². The highest BCUT2D eigenvalue weighted by molar-refractivity contribution is 5.97. The fraction of sp³-hybridized carbons (Fsp3) is 0.211. The molecule has 1 aliphatic rings. The van der Waals surface area contributed by atoms with Gasteiger partial charge in [0.2, 0.25) is 0 Å². The summed E-state index contributed by atoms with van der Waals surface area (Å²) in [5.41, 5.74) is 5.79. The third-order valence-corrected chi connectivity index (χ3v) is 4.32. The summed E-state index contributed by atoms with van der Waals surface area (Å²) in [6, 6.07) is 12.3. The van der Waals surface area contributed by atoms with Crippen molar-refractivity contribution in [3.63, 3.8) is 0 Å². The second kappa shape index (κ2) is 4.75. The summed E-state index contributed by atoms with van der Waals surface area (Å²) in [6.45, 7) is 6.50. The minimum atomic E-state index is 0.384. The second-order valence-electron chi connectivity index (χ2n) is 5.61. The number of rotatable bonds is 2. The summed E-state index contributed by atoms with van der Waals surface area (Å²) in [4.78, 5) is 11.5. The topological polar surface area (TPSA) is 17.1 Å². The highest BCUT2D eigenvalue weighted by atomic mass is 16.1. The normalized spacial score (nSPS) is 18.6. The monoisotopic (exact) mass is 262 g/mol. The fourth-order valence-electron chi connectivity index (χ4n) is 3.15. The van der Waals surface area contributed by atoms with E-state index >= 15 is 0 Å². The van der Waals surface area contributed by atoms with Crippen molar-refractivity contribution < 1.29 is 4.79 Å². The van der Waals surface area contributed by atoms with E-state index < -0.39 is 0 Å². The molecule has 0 amide bonds. The van der Waals surface area contributed by atoms with Crippen molar-refractivity contribution in [3.05, 3.63) is 64.7 Å². The van der Waals surface area contributed by atoms with Gasteiger partial charge in [0.1, 0.15) is 0 Å². The molecule has 0 radical (unpaired) electrons. The molecule has 2 aromatic rings. The number of hydrogen-bond donors (Lipinski definition) is 0. The van der Waals surface area contributed by atoms with Crippen molar-refractivity contribution >= 4 is 22.6 Å². The molecule has 1 unspecified atom stereocenters. The SMILES string of the molecule is CC1=CC(C)=C(c2cc3ccccc3cc2C=O)C1C. The average molecular weight is 262 g/mol. The first-order valence-corrected chi connectivity index (χ1v) is 6.99. The van der Waals surface area contributed by atoms with Gasteiger partial charge in [0, 0.05) is 11.5 Å². The highest BCUT2D eigenvalue weighted by Crippen LogP contribution is 2.40. The van der Waals surface area contributed by atoms with E-state index in [9.17, 15) is 4.79 Å². The van der Waals surface area contributed by atoms with E-state index in [1.807, 2.05) is 18.2 Å². The van der Waals surface area contributed by atoms with Crippen molar-refractivity contribution in [2.24, 2.45) is 5.92 Å². The Morgan fingerprint density at radius 3 is 2.25 bits per heavy atom. The molecule has 0 saturated heterocycles. The van der Waals surface area contributed by atoms with Crippen LogP contribution < -0.4 is 0 Å². The largest absolute Gasteiger partial charge is 0.298 e. The van der Waals surface area contributed by atoms with E-state index in [0.29, 0.717) is 5.92 Å². The maximum Gasteiger partial charge on any atom is 0.150 e. The van der Waals surface area contributed by atoms with E-state index in [0.717, 1.165) is 22.8 Å². The van der Waals surface area contributed by atoms with E-state index in [4.69, 9.17) is 0 Å². The third kappa shape index (κ3) is 1.90. The van der Waals surface area contributed by atoms with E-state index in [2.05, 4.69) is 45.0 Å². The van der Waals surface area contributed by atoms with Crippen molar-refractivity contribution in [3.8, 4) is 0 Å². The first kappa shape index (κ1) is 12.9. The zero-order valence-corrected chi connectivity index (χ0v) is 12.1. The Bertz CT molecular complexity index is 762. The summed E-state index contributed by atoms with van der Waals surface area (Å²) in [5, 5.41) is 2.30. The summed E-state index contributed by atoms with van der Waals surface area (Å²) < 4.78 is 0. The number of benzene rings is 2. The molecule has 3 rings (SSSR count). The minimum Gasteiger partial charge on any atom is -0.298 e. The van der Waals surface area contributed by atoms with Crippen LogP contribution in [0.2, 0.25) is 0 Å². The quantitative estimate of drug-likeness (QED) is 0.694. The lowest BCUT2D eigenvalue weighted by Gasteiger charge is -2.16. The highest BCUT2D eigenvalue weighted by Gasteiger charge is 2.22. The average Bonchev–Trinajstić information content (AvgIpc) is 2.70. The van der Waals surface area contributed by atoms with E-state index in [-0.39, 0.29) is 0 Å².